The summed E-state index contributed by atoms with van der Waals surface area (Å²) in [6, 6.07) is 1.72. The van der Waals surface area contributed by atoms with Crippen molar-refractivity contribution in [2.24, 2.45) is 4.99 Å². The normalized spacial score (nSPS) is 22.0. The van der Waals surface area contributed by atoms with E-state index in [2.05, 4.69) is 4.99 Å². The Hall–Kier alpha value is -1.51. The first-order chi connectivity index (χ1) is 6.61. The molecule has 14 heavy (non-hydrogen) atoms. The van der Waals surface area contributed by atoms with Gasteiger partial charge in [-0.15, -0.1) is 0 Å². The molecule has 0 radical (unpaired) electrons. The number of aliphatic hydroxyl groups excluding tert-OH is 1. The van der Waals surface area contributed by atoms with Crippen LogP contribution in [0.5, 0.6) is 0 Å². The maximum Gasteiger partial charge on any atom is 0.287 e. The fraction of sp³-hybridized carbons (Fsp3) is 0.444. The highest BCUT2D eigenvalue weighted by molar-refractivity contribution is 6.12. The van der Waals surface area contributed by atoms with E-state index in [1.807, 2.05) is 0 Å². The van der Waals surface area contributed by atoms with Gasteiger partial charge >= 0.3 is 0 Å². The van der Waals surface area contributed by atoms with Crippen LogP contribution in [0.4, 0.5) is 0 Å². The Morgan fingerprint density at radius 3 is 2.86 bits per heavy atom. The first kappa shape index (κ1) is 10.6. The molecule has 74 valence electrons. The smallest absolute Gasteiger partial charge is 0.287 e. The third-order valence-electron chi connectivity index (χ3n) is 1.98. The number of amides is 1. The SMILES string of the molecule is COCC1=NC(=O)C(C#N)=C(C)C1O. The largest absolute Gasteiger partial charge is 0.383 e. The molecule has 5 nitrogen and oxygen atoms in total. The van der Waals surface area contributed by atoms with Gasteiger partial charge in [0.1, 0.15) is 17.7 Å². The number of carbonyl (C=O) groups excluding carboxylic acids is 1. The lowest BCUT2D eigenvalue weighted by atomic mass is 9.98. The van der Waals surface area contributed by atoms with Crippen molar-refractivity contribution in [3.05, 3.63) is 11.1 Å². The van der Waals surface area contributed by atoms with Gasteiger partial charge in [-0.2, -0.15) is 5.26 Å². The Kier molecular flexibility index (Phi) is 3.12. The van der Waals surface area contributed by atoms with E-state index >= 15 is 0 Å². The monoisotopic (exact) mass is 194 g/mol. The van der Waals surface area contributed by atoms with Crippen molar-refractivity contribution < 1.29 is 14.6 Å². The van der Waals surface area contributed by atoms with Crippen molar-refractivity contribution in [1.29, 1.82) is 5.26 Å². The van der Waals surface area contributed by atoms with Gasteiger partial charge in [-0.05, 0) is 12.5 Å². The lowest BCUT2D eigenvalue weighted by Crippen LogP contribution is -2.32. The van der Waals surface area contributed by atoms with Gasteiger partial charge in [0.15, 0.2) is 0 Å². The molecule has 0 aliphatic carbocycles. The summed E-state index contributed by atoms with van der Waals surface area (Å²) in [4.78, 5) is 14.8. The summed E-state index contributed by atoms with van der Waals surface area (Å²) >= 11 is 0. The van der Waals surface area contributed by atoms with E-state index in [-0.39, 0.29) is 17.9 Å². The van der Waals surface area contributed by atoms with Gasteiger partial charge < -0.3 is 9.84 Å². The van der Waals surface area contributed by atoms with Gasteiger partial charge in [0.25, 0.3) is 5.91 Å². The van der Waals surface area contributed by atoms with Crippen LogP contribution in [0.3, 0.4) is 0 Å². The number of hydrogen-bond acceptors (Lipinski definition) is 4. The van der Waals surface area contributed by atoms with Crippen LogP contribution >= 0.6 is 0 Å². The summed E-state index contributed by atoms with van der Waals surface area (Å²) in [7, 11) is 1.44. The Morgan fingerprint density at radius 1 is 1.71 bits per heavy atom. The van der Waals surface area contributed by atoms with Gasteiger partial charge in [0.2, 0.25) is 0 Å². The molecule has 1 atom stereocenters. The summed E-state index contributed by atoms with van der Waals surface area (Å²) in [6.07, 6.45) is -0.984. The van der Waals surface area contributed by atoms with Gasteiger partial charge in [-0.25, -0.2) is 4.99 Å². The van der Waals surface area contributed by atoms with E-state index < -0.39 is 12.0 Å². The van der Waals surface area contributed by atoms with Crippen molar-refractivity contribution >= 4 is 11.6 Å². The Bertz CT molecular complexity index is 363. The summed E-state index contributed by atoms with van der Waals surface area (Å²) in [6.45, 7) is 1.62. The second kappa shape index (κ2) is 4.13. The summed E-state index contributed by atoms with van der Waals surface area (Å²) in [5.74, 6) is -0.609. The average molecular weight is 194 g/mol. The van der Waals surface area contributed by atoms with Crippen molar-refractivity contribution in [3.8, 4) is 6.07 Å². The quantitative estimate of drug-likeness (QED) is 0.660. The van der Waals surface area contributed by atoms with E-state index in [1.54, 1.807) is 6.07 Å². The first-order valence-electron chi connectivity index (χ1n) is 4.01. The van der Waals surface area contributed by atoms with Crippen molar-refractivity contribution in [2.75, 3.05) is 13.7 Å². The Balaban J connectivity index is 3.04. The molecule has 0 aromatic rings. The lowest BCUT2D eigenvalue weighted by molar-refractivity contribution is -0.114. The zero-order chi connectivity index (χ0) is 10.7. The van der Waals surface area contributed by atoms with Crippen LogP contribution in [0.1, 0.15) is 6.92 Å². The Morgan fingerprint density at radius 2 is 2.36 bits per heavy atom. The summed E-state index contributed by atoms with van der Waals surface area (Å²) in [5, 5.41) is 18.2. The molecule has 5 heteroatoms. The van der Waals surface area contributed by atoms with Crippen LogP contribution in [0, 0.1) is 11.3 Å². The Labute approximate surface area is 81.3 Å². The predicted molar refractivity (Wildman–Crippen MR) is 48.6 cm³/mol. The zero-order valence-electron chi connectivity index (χ0n) is 7.94. The minimum Gasteiger partial charge on any atom is -0.383 e. The lowest BCUT2D eigenvalue weighted by Gasteiger charge is -2.18. The van der Waals surface area contributed by atoms with Gasteiger partial charge in [0.05, 0.1) is 12.3 Å². The second-order valence-corrected chi connectivity index (χ2v) is 2.91. The summed E-state index contributed by atoms with van der Waals surface area (Å²) in [5.41, 5.74) is 0.492. The molecule has 0 aromatic carbocycles. The van der Waals surface area contributed by atoms with Crippen molar-refractivity contribution in [3.63, 3.8) is 0 Å². The molecule has 0 saturated heterocycles. The molecule has 0 spiro atoms. The van der Waals surface area contributed by atoms with Crippen molar-refractivity contribution in [1.82, 2.24) is 0 Å². The molecule has 1 rings (SSSR count). The number of aliphatic hydroxyl groups is 1. The predicted octanol–water partition coefficient (Wildman–Crippen LogP) is -0.185. The topological polar surface area (TPSA) is 82.7 Å². The number of dihydropyridines is 1. The van der Waals surface area contributed by atoms with Crippen LogP contribution in [0.25, 0.3) is 0 Å². The molecular formula is C9H10N2O3. The number of hydrogen-bond donors (Lipinski definition) is 1. The second-order valence-electron chi connectivity index (χ2n) is 2.91. The fourth-order valence-corrected chi connectivity index (χ4v) is 1.20. The van der Waals surface area contributed by atoms with E-state index in [4.69, 9.17) is 10.00 Å². The third kappa shape index (κ3) is 1.71. The molecule has 1 unspecified atom stereocenters. The highest BCUT2D eigenvalue weighted by Gasteiger charge is 2.27. The van der Waals surface area contributed by atoms with Crippen LogP contribution in [0.2, 0.25) is 0 Å². The first-order valence-corrected chi connectivity index (χ1v) is 4.01. The number of rotatable bonds is 2. The molecule has 0 bridgehead atoms. The third-order valence-corrected chi connectivity index (χ3v) is 1.98. The number of carbonyl (C=O) groups is 1. The van der Waals surface area contributed by atoms with E-state index in [9.17, 15) is 9.90 Å². The van der Waals surface area contributed by atoms with Crippen LogP contribution in [0.15, 0.2) is 16.1 Å². The van der Waals surface area contributed by atoms with E-state index in [1.165, 1.54) is 14.0 Å². The van der Waals surface area contributed by atoms with Crippen molar-refractivity contribution in [2.45, 2.75) is 13.0 Å². The van der Waals surface area contributed by atoms with Crippen LogP contribution in [-0.2, 0) is 9.53 Å². The minimum atomic E-state index is -0.984. The summed E-state index contributed by atoms with van der Waals surface area (Å²) < 4.78 is 4.77. The van der Waals surface area contributed by atoms with Gasteiger partial charge in [-0.3, -0.25) is 4.79 Å². The van der Waals surface area contributed by atoms with Crippen LogP contribution < -0.4 is 0 Å². The average Bonchev–Trinajstić information content (AvgIpc) is 2.15. The van der Waals surface area contributed by atoms with Gasteiger partial charge in [-0.1, -0.05) is 0 Å². The molecule has 1 amide bonds. The molecule has 1 heterocycles. The zero-order valence-corrected chi connectivity index (χ0v) is 7.94. The van der Waals surface area contributed by atoms with E-state index in [0.29, 0.717) is 5.57 Å². The highest BCUT2D eigenvalue weighted by atomic mass is 16.5. The number of aliphatic imine (C=N–C) groups is 1. The molecule has 0 aromatic heterocycles. The molecule has 1 aliphatic heterocycles. The maximum absolute atomic E-state index is 11.2. The maximum atomic E-state index is 11.2. The molecule has 1 aliphatic rings. The van der Waals surface area contributed by atoms with E-state index in [0.717, 1.165) is 0 Å². The fourth-order valence-electron chi connectivity index (χ4n) is 1.20. The van der Waals surface area contributed by atoms with Gasteiger partial charge in [0, 0.05) is 7.11 Å². The number of nitrogens with zero attached hydrogens (tertiary/aromatic N) is 2. The number of nitriles is 1. The number of methoxy groups -OCH3 is 1. The highest BCUT2D eigenvalue weighted by Crippen LogP contribution is 2.17. The molecule has 0 fully saturated rings. The number of ether oxygens (including phenoxy) is 1. The standard InChI is InChI=1S/C9H10N2O3/c1-5-6(3-10)9(13)11-7(4-14-2)8(5)12/h8,12H,4H2,1-2H3. The molecule has 0 saturated carbocycles. The molecule has 1 N–H and O–H groups in total. The van der Waals surface area contributed by atoms with Crippen LogP contribution in [-0.4, -0.2) is 36.5 Å². The molecular weight excluding hydrogens is 184 g/mol. The minimum absolute atomic E-state index is 0.0858.